The maximum absolute atomic E-state index is 10.8. The monoisotopic (exact) mass is 161 g/mol. The fourth-order valence-corrected chi connectivity index (χ4v) is 1.59. The van der Waals surface area contributed by atoms with Crippen molar-refractivity contribution in [3.8, 4) is 0 Å². The summed E-state index contributed by atoms with van der Waals surface area (Å²) in [7, 11) is 0. The molecule has 2 nitrogen and oxygen atoms in total. The molecule has 1 N–H and O–H groups in total. The second kappa shape index (κ2) is 2.34. The van der Waals surface area contributed by atoms with Gasteiger partial charge in [-0.1, -0.05) is 30.3 Å². The van der Waals surface area contributed by atoms with Crippen LogP contribution in [0.5, 0.6) is 0 Å². The van der Waals surface area contributed by atoms with Crippen molar-refractivity contribution in [2.24, 2.45) is 0 Å². The lowest BCUT2D eigenvalue weighted by atomic mass is 9.82. The molecular weight excluding hydrogens is 150 g/mol. The maximum atomic E-state index is 10.8. The molecule has 2 heteroatoms. The van der Waals surface area contributed by atoms with Crippen LogP contribution in [-0.2, 0) is 10.3 Å². The Morgan fingerprint density at radius 3 is 2.42 bits per heavy atom. The molecule has 2 rings (SSSR count). The molecule has 0 bridgehead atoms. The van der Waals surface area contributed by atoms with Gasteiger partial charge in [-0.05, 0) is 12.5 Å². The van der Waals surface area contributed by atoms with Crippen LogP contribution < -0.4 is 5.32 Å². The number of β-lactam (4-membered cyclic amide) rings is 1. The van der Waals surface area contributed by atoms with Crippen molar-refractivity contribution in [3.63, 3.8) is 0 Å². The summed E-state index contributed by atoms with van der Waals surface area (Å²) in [6.07, 6.45) is 0.608. The molecule has 0 unspecified atom stereocenters. The van der Waals surface area contributed by atoms with Crippen molar-refractivity contribution in [2.45, 2.75) is 18.9 Å². The zero-order chi connectivity index (χ0) is 8.60. The van der Waals surface area contributed by atoms with Crippen LogP contribution in [0.4, 0.5) is 0 Å². The molecule has 1 aromatic rings. The van der Waals surface area contributed by atoms with Gasteiger partial charge in [0.05, 0.1) is 12.0 Å². The van der Waals surface area contributed by atoms with Crippen LogP contribution in [-0.4, -0.2) is 5.91 Å². The van der Waals surface area contributed by atoms with Crippen molar-refractivity contribution < 1.29 is 4.79 Å². The molecule has 1 saturated heterocycles. The molecule has 0 saturated carbocycles. The van der Waals surface area contributed by atoms with E-state index in [0.29, 0.717) is 6.42 Å². The summed E-state index contributed by atoms with van der Waals surface area (Å²) in [4.78, 5) is 10.8. The minimum absolute atomic E-state index is 0.113. The van der Waals surface area contributed by atoms with E-state index in [2.05, 4.69) is 5.32 Å². The number of amides is 1. The van der Waals surface area contributed by atoms with Gasteiger partial charge in [0.2, 0.25) is 5.91 Å². The van der Waals surface area contributed by atoms with Gasteiger partial charge in [-0.25, -0.2) is 0 Å². The normalized spacial score (nSPS) is 27.6. The van der Waals surface area contributed by atoms with E-state index in [4.69, 9.17) is 0 Å². The lowest BCUT2D eigenvalue weighted by molar-refractivity contribution is -0.132. The molecule has 1 aliphatic heterocycles. The number of rotatable bonds is 1. The predicted molar refractivity (Wildman–Crippen MR) is 46.6 cm³/mol. The number of carbonyl (C=O) groups excluding carboxylic acids is 1. The lowest BCUT2D eigenvalue weighted by Gasteiger charge is -2.39. The first kappa shape index (κ1) is 7.35. The first-order valence-corrected chi connectivity index (χ1v) is 4.07. The Labute approximate surface area is 71.6 Å². The van der Waals surface area contributed by atoms with E-state index < -0.39 is 0 Å². The lowest BCUT2D eigenvalue weighted by Crippen LogP contribution is -2.56. The van der Waals surface area contributed by atoms with Gasteiger partial charge in [0.1, 0.15) is 0 Å². The molecule has 62 valence electrons. The summed E-state index contributed by atoms with van der Waals surface area (Å²) in [5.41, 5.74) is 1.07. The van der Waals surface area contributed by atoms with Crippen LogP contribution >= 0.6 is 0 Å². The first-order valence-electron chi connectivity index (χ1n) is 4.07. The van der Waals surface area contributed by atoms with E-state index >= 15 is 0 Å². The third-order valence-electron chi connectivity index (χ3n) is 2.34. The third kappa shape index (κ3) is 0.998. The molecule has 0 radical (unpaired) electrons. The summed E-state index contributed by atoms with van der Waals surface area (Å²) < 4.78 is 0. The average Bonchev–Trinajstić information content (AvgIpc) is 2.04. The predicted octanol–water partition coefficient (Wildman–Crippen LogP) is 1.42. The fourth-order valence-electron chi connectivity index (χ4n) is 1.59. The highest BCUT2D eigenvalue weighted by Gasteiger charge is 2.39. The number of carbonyl (C=O) groups is 1. The molecular formula is C10H11NO. The molecule has 1 atom stereocenters. The van der Waals surface area contributed by atoms with E-state index in [1.54, 1.807) is 0 Å². The fraction of sp³-hybridized carbons (Fsp3) is 0.300. The van der Waals surface area contributed by atoms with E-state index in [0.717, 1.165) is 0 Å². The van der Waals surface area contributed by atoms with Crippen LogP contribution in [0.3, 0.4) is 0 Å². The largest absolute Gasteiger partial charge is 0.346 e. The van der Waals surface area contributed by atoms with Gasteiger partial charge < -0.3 is 5.32 Å². The second-order valence-corrected chi connectivity index (χ2v) is 3.42. The van der Waals surface area contributed by atoms with Crippen molar-refractivity contribution in [1.29, 1.82) is 0 Å². The van der Waals surface area contributed by atoms with Gasteiger partial charge >= 0.3 is 0 Å². The Morgan fingerprint density at radius 2 is 1.92 bits per heavy atom. The highest BCUT2D eigenvalue weighted by Crippen LogP contribution is 2.30. The second-order valence-electron chi connectivity index (χ2n) is 3.42. The average molecular weight is 161 g/mol. The molecule has 1 heterocycles. The van der Waals surface area contributed by atoms with E-state index in [9.17, 15) is 4.79 Å². The summed E-state index contributed by atoms with van der Waals surface area (Å²) in [6, 6.07) is 10.0. The minimum Gasteiger partial charge on any atom is -0.346 e. The highest BCUT2D eigenvalue weighted by molar-refractivity contribution is 5.85. The van der Waals surface area contributed by atoms with E-state index in [1.807, 2.05) is 37.3 Å². The SMILES string of the molecule is C[C@]1(c2ccccc2)CC(=O)N1. The quantitative estimate of drug-likeness (QED) is 0.620. The Balaban J connectivity index is 2.27. The Kier molecular flexibility index (Phi) is 1.43. The first-order chi connectivity index (χ1) is 5.71. The molecule has 0 spiro atoms. The molecule has 1 aromatic carbocycles. The van der Waals surface area contributed by atoms with E-state index in [-0.39, 0.29) is 11.4 Å². The molecule has 0 aliphatic carbocycles. The number of hydrogen-bond acceptors (Lipinski definition) is 1. The molecule has 0 aromatic heterocycles. The standard InChI is InChI=1S/C10H11NO/c1-10(7-9(12)11-10)8-5-3-2-4-6-8/h2-6H,7H2,1H3,(H,11,12)/t10-/m1/s1. The van der Waals surface area contributed by atoms with Crippen LogP contribution in [0.15, 0.2) is 30.3 Å². The number of hydrogen-bond donors (Lipinski definition) is 1. The number of nitrogens with one attached hydrogen (secondary N) is 1. The third-order valence-corrected chi connectivity index (χ3v) is 2.34. The van der Waals surface area contributed by atoms with E-state index in [1.165, 1.54) is 5.56 Å². The summed E-state index contributed by atoms with van der Waals surface area (Å²) in [5.74, 6) is 0.140. The van der Waals surface area contributed by atoms with Gasteiger partial charge in [-0.15, -0.1) is 0 Å². The van der Waals surface area contributed by atoms with Gasteiger partial charge in [0.15, 0.2) is 0 Å². The van der Waals surface area contributed by atoms with Crippen molar-refractivity contribution >= 4 is 5.91 Å². The minimum atomic E-state index is -0.113. The van der Waals surface area contributed by atoms with Crippen molar-refractivity contribution in [2.75, 3.05) is 0 Å². The zero-order valence-corrected chi connectivity index (χ0v) is 7.00. The Hall–Kier alpha value is -1.31. The summed E-state index contributed by atoms with van der Waals surface area (Å²) in [5, 5.41) is 2.90. The summed E-state index contributed by atoms with van der Waals surface area (Å²) in [6.45, 7) is 2.05. The van der Waals surface area contributed by atoms with Gasteiger partial charge in [0, 0.05) is 0 Å². The van der Waals surface area contributed by atoms with Crippen LogP contribution in [0.1, 0.15) is 18.9 Å². The van der Waals surface area contributed by atoms with Crippen LogP contribution in [0.25, 0.3) is 0 Å². The van der Waals surface area contributed by atoms with Crippen molar-refractivity contribution in [3.05, 3.63) is 35.9 Å². The summed E-state index contributed by atoms with van der Waals surface area (Å²) >= 11 is 0. The maximum Gasteiger partial charge on any atom is 0.223 e. The van der Waals surface area contributed by atoms with Crippen LogP contribution in [0, 0.1) is 0 Å². The molecule has 12 heavy (non-hydrogen) atoms. The molecule has 1 fully saturated rings. The Bertz CT molecular complexity index is 297. The smallest absolute Gasteiger partial charge is 0.223 e. The Morgan fingerprint density at radius 1 is 1.33 bits per heavy atom. The highest BCUT2D eigenvalue weighted by atomic mass is 16.2. The topological polar surface area (TPSA) is 29.1 Å². The zero-order valence-electron chi connectivity index (χ0n) is 7.00. The number of benzene rings is 1. The van der Waals surface area contributed by atoms with Gasteiger partial charge in [0.25, 0.3) is 0 Å². The molecule has 1 amide bonds. The van der Waals surface area contributed by atoms with Crippen LogP contribution in [0.2, 0.25) is 0 Å². The van der Waals surface area contributed by atoms with Gasteiger partial charge in [-0.3, -0.25) is 4.79 Å². The van der Waals surface area contributed by atoms with Gasteiger partial charge in [-0.2, -0.15) is 0 Å². The van der Waals surface area contributed by atoms with Crippen molar-refractivity contribution in [1.82, 2.24) is 5.32 Å². The molecule has 1 aliphatic rings.